The van der Waals surface area contributed by atoms with E-state index in [1.807, 2.05) is 19.1 Å². The van der Waals surface area contributed by atoms with Crippen molar-refractivity contribution in [3.8, 4) is 5.75 Å². The number of ketones is 1. The van der Waals surface area contributed by atoms with Crippen LogP contribution in [-0.2, 0) is 11.2 Å². The van der Waals surface area contributed by atoms with E-state index >= 15 is 0 Å². The van der Waals surface area contributed by atoms with E-state index in [1.165, 1.54) is 24.8 Å². The number of carbonyl (C=O) groups excluding carboxylic acids is 1. The van der Waals surface area contributed by atoms with Gasteiger partial charge in [-0.15, -0.1) is 0 Å². The van der Waals surface area contributed by atoms with Crippen molar-refractivity contribution in [2.24, 2.45) is 5.92 Å². The maximum Gasteiger partial charge on any atom is 0.137 e. The molecule has 0 radical (unpaired) electrons. The smallest absolute Gasteiger partial charge is 0.137 e. The number of methoxy groups -OCH3 is 1. The van der Waals surface area contributed by atoms with Crippen molar-refractivity contribution in [3.63, 3.8) is 0 Å². The van der Waals surface area contributed by atoms with Crippen molar-refractivity contribution in [3.05, 3.63) is 29.3 Å². The number of hydrogen-bond donors (Lipinski definition) is 0. The van der Waals surface area contributed by atoms with Crippen molar-refractivity contribution >= 4 is 5.78 Å². The third-order valence-corrected chi connectivity index (χ3v) is 3.56. The molecule has 1 aromatic rings. The fourth-order valence-electron chi connectivity index (χ4n) is 2.35. The largest absolute Gasteiger partial charge is 0.496 e. The molecule has 17 heavy (non-hydrogen) atoms. The zero-order chi connectivity index (χ0) is 12.3. The number of rotatable bonds is 5. The van der Waals surface area contributed by atoms with Crippen LogP contribution in [0.5, 0.6) is 5.75 Å². The highest BCUT2D eigenvalue weighted by Gasteiger charge is 2.21. The van der Waals surface area contributed by atoms with E-state index in [-0.39, 0.29) is 0 Å². The van der Waals surface area contributed by atoms with Gasteiger partial charge in [0.05, 0.1) is 7.11 Å². The standard InChI is InChI=1S/C15H20O2/c1-11-6-7-15(17-2)13(8-11)10-14(16)9-12-4-3-5-12/h6-8,12H,3-5,9-10H2,1-2H3. The molecular weight excluding hydrogens is 212 g/mol. The lowest BCUT2D eigenvalue weighted by Gasteiger charge is -2.24. The second-order valence-electron chi connectivity index (χ2n) is 5.03. The number of benzene rings is 1. The molecule has 0 aromatic heterocycles. The molecule has 0 heterocycles. The van der Waals surface area contributed by atoms with Gasteiger partial charge in [0.25, 0.3) is 0 Å². The van der Waals surface area contributed by atoms with Crippen molar-refractivity contribution < 1.29 is 9.53 Å². The predicted molar refractivity (Wildman–Crippen MR) is 68.4 cm³/mol. The van der Waals surface area contributed by atoms with E-state index in [4.69, 9.17) is 4.74 Å². The average molecular weight is 232 g/mol. The first-order valence-corrected chi connectivity index (χ1v) is 6.34. The minimum absolute atomic E-state index is 0.346. The summed E-state index contributed by atoms with van der Waals surface area (Å²) in [7, 11) is 1.66. The molecule has 1 aliphatic carbocycles. The summed E-state index contributed by atoms with van der Waals surface area (Å²) in [6.07, 6.45) is 5.03. The molecule has 2 rings (SSSR count). The summed E-state index contributed by atoms with van der Waals surface area (Å²) in [5, 5.41) is 0. The van der Waals surface area contributed by atoms with Crippen molar-refractivity contribution in [2.45, 2.75) is 39.0 Å². The monoisotopic (exact) mass is 232 g/mol. The van der Waals surface area contributed by atoms with E-state index in [9.17, 15) is 4.79 Å². The first kappa shape index (κ1) is 12.2. The van der Waals surface area contributed by atoms with Crippen LogP contribution in [0.15, 0.2) is 18.2 Å². The maximum atomic E-state index is 11.9. The van der Waals surface area contributed by atoms with E-state index < -0.39 is 0 Å². The Hall–Kier alpha value is -1.31. The molecule has 0 saturated heterocycles. The summed E-state index contributed by atoms with van der Waals surface area (Å²) in [6, 6.07) is 6.01. The Balaban J connectivity index is 2.00. The number of carbonyl (C=O) groups is 1. The fourth-order valence-corrected chi connectivity index (χ4v) is 2.35. The van der Waals surface area contributed by atoms with Crippen LogP contribution in [0.2, 0.25) is 0 Å². The fraction of sp³-hybridized carbons (Fsp3) is 0.533. The predicted octanol–water partition coefficient (Wildman–Crippen LogP) is 3.31. The van der Waals surface area contributed by atoms with E-state index in [1.54, 1.807) is 7.11 Å². The topological polar surface area (TPSA) is 26.3 Å². The van der Waals surface area contributed by atoms with Gasteiger partial charge in [0.1, 0.15) is 11.5 Å². The van der Waals surface area contributed by atoms with Gasteiger partial charge in [-0.05, 0) is 18.9 Å². The number of hydrogen-bond acceptors (Lipinski definition) is 2. The Morgan fingerprint density at radius 1 is 1.41 bits per heavy atom. The van der Waals surface area contributed by atoms with Crippen molar-refractivity contribution in [2.75, 3.05) is 7.11 Å². The van der Waals surface area contributed by atoms with Crippen LogP contribution in [0.3, 0.4) is 0 Å². The lowest BCUT2D eigenvalue weighted by Crippen LogP contribution is -2.17. The van der Waals surface area contributed by atoms with E-state index in [0.717, 1.165) is 17.7 Å². The summed E-state index contributed by atoms with van der Waals surface area (Å²) in [5.74, 6) is 1.83. The summed E-state index contributed by atoms with van der Waals surface area (Å²) in [6.45, 7) is 2.04. The summed E-state index contributed by atoms with van der Waals surface area (Å²) >= 11 is 0. The molecule has 0 aliphatic heterocycles. The number of ether oxygens (including phenoxy) is 1. The second-order valence-corrected chi connectivity index (χ2v) is 5.03. The Bertz CT molecular complexity index is 405. The molecule has 0 atom stereocenters. The molecule has 0 N–H and O–H groups in total. The molecular formula is C15H20O2. The zero-order valence-corrected chi connectivity index (χ0v) is 10.7. The molecule has 2 nitrogen and oxygen atoms in total. The van der Waals surface area contributed by atoms with Crippen LogP contribution in [0, 0.1) is 12.8 Å². The molecule has 1 fully saturated rings. The molecule has 92 valence electrons. The van der Waals surface area contributed by atoms with Crippen LogP contribution in [0.4, 0.5) is 0 Å². The van der Waals surface area contributed by atoms with E-state index in [0.29, 0.717) is 18.1 Å². The first-order chi connectivity index (χ1) is 8.19. The van der Waals surface area contributed by atoms with Gasteiger partial charge < -0.3 is 4.74 Å². The SMILES string of the molecule is COc1ccc(C)cc1CC(=O)CC1CCC1. The van der Waals surface area contributed by atoms with E-state index in [2.05, 4.69) is 6.07 Å². The van der Waals surface area contributed by atoms with Gasteiger partial charge in [0.2, 0.25) is 0 Å². The Morgan fingerprint density at radius 2 is 2.18 bits per heavy atom. The molecule has 2 heteroatoms. The zero-order valence-electron chi connectivity index (χ0n) is 10.7. The number of Topliss-reactive ketones (excluding diaryl/α,β-unsaturated/α-hetero) is 1. The van der Waals surface area contributed by atoms with Crippen LogP contribution < -0.4 is 4.74 Å². The highest BCUT2D eigenvalue weighted by atomic mass is 16.5. The third kappa shape index (κ3) is 3.09. The van der Waals surface area contributed by atoms with Crippen molar-refractivity contribution in [1.29, 1.82) is 0 Å². The number of aryl methyl sites for hydroxylation is 1. The summed E-state index contributed by atoms with van der Waals surface area (Å²) < 4.78 is 5.29. The van der Waals surface area contributed by atoms with Gasteiger partial charge in [0.15, 0.2) is 0 Å². The minimum Gasteiger partial charge on any atom is -0.496 e. The lowest BCUT2D eigenvalue weighted by atomic mass is 9.81. The highest BCUT2D eigenvalue weighted by Crippen LogP contribution is 2.30. The Morgan fingerprint density at radius 3 is 2.76 bits per heavy atom. The quantitative estimate of drug-likeness (QED) is 0.778. The molecule has 1 aromatic carbocycles. The molecule has 1 saturated carbocycles. The lowest BCUT2D eigenvalue weighted by molar-refractivity contribution is -0.119. The van der Waals surface area contributed by atoms with Gasteiger partial charge in [-0.25, -0.2) is 0 Å². The van der Waals surface area contributed by atoms with Gasteiger partial charge in [-0.1, -0.05) is 37.0 Å². The molecule has 0 amide bonds. The minimum atomic E-state index is 0.346. The van der Waals surface area contributed by atoms with Gasteiger partial charge >= 0.3 is 0 Å². The first-order valence-electron chi connectivity index (χ1n) is 6.34. The van der Waals surface area contributed by atoms with Gasteiger partial charge in [0, 0.05) is 18.4 Å². The molecule has 0 spiro atoms. The maximum absolute atomic E-state index is 11.9. The summed E-state index contributed by atoms with van der Waals surface area (Å²) in [5.41, 5.74) is 2.20. The molecule has 0 bridgehead atoms. The van der Waals surface area contributed by atoms with Crippen molar-refractivity contribution in [1.82, 2.24) is 0 Å². The normalized spacial score (nSPS) is 15.4. The van der Waals surface area contributed by atoms with Gasteiger partial charge in [-0.3, -0.25) is 4.79 Å². The van der Waals surface area contributed by atoms with Crippen LogP contribution in [-0.4, -0.2) is 12.9 Å². The average Bonchev–Trinajstić information content (AvgIpc) is 2.24. The Labute approximate surface area is 103 Å². The Kier molecular flexibility index (Phi) is 3.82. The second kappa shape index (κ2) is 5.35. The molecule has 1 aliphatic rings. The van der Waals surface area contributed by atoms with Crippen LogP contribution >= 0.6 is 0 Å². The van der Waals surface area contributed by atoms with Crippen LogP contribution in [0.1, 0.15) is 36.8 Å². The molecule has 0 unspecified atom stereocenters. The summed E-state index contributed by atoms with van der Waals surface area (Å²) in [4.78, 5) is 11.9. The van der Waals surface area contributed by atoms with Crippen LogP contribution in [0.25, 0.3) is 0 Å². The third-order valence-electron chi connectivity index (χ3n) is 3.56. The van der Waals surface area contributed by atoms with Gasteiger partial charge in [-0.2, -0.15) is 0 Å². The highest BCUT2D eigenvalue weighted by molar-refractivity contribution is 5.81.